The number of hydrogen-bond acceptors (Lipinski definition) is 18. The maximum Gasteiger partial charge on any atom is 0.408 e. The van der Waals surface area contributed by atoms with E-state index in [9.17, 15) is 48.3 Å². The molecule has 3 aromatic carbocycles. The predicted octanol–water partition coefficient (Wildman–Crippen LogP) is 5.11. The Morgan fingerprint density at radius 2 is 1.51 bits per heavy atom. The van der Waals surface area contributed by atoms with E-state index in [1.807, 2.05) is 18.2 Å². The third-order valence-corrected chi connectivity index (χ3v) is 18.1. The number of anilines is 1. The second-order valence-electron chi connectivity index (χ2n) is 25.6. The molecule has 0 saturated heterocycles. The van der Waals surface area contributed by atoms with Gasteiger partial charge in [-0.05, 0) is 110 Å². The van der Waals surface area contributed by atoms with Crippen LogP contribution in [-0.4, -0.2) is 159 Å². The van der Waals surface area contributed by atoms with Crippen molar-refractivity contribution >= 4 is 64.2 Å². The normalized spacial score (nSPS) is 17.4. The lowest BCUT2D eigenvalue weighted by molar-refractivity contribution is -0.172. The van der Waals surface area contributed by atoms with Crippen molar-refractivity contribution in [3.8, 4) is 23.2 Å². The van der Waals surface area contributed by atoms with E-state index in [-0.39, 0.29) is 108 Å². The van der Waals surface area contributed by atoms with Crippen LogP contribution in [0, 0.1) is 30.5 Å². The van der Waals surface area contributed by atoms with E-state index in [1.54, 1.807) is 70.2 Å². The average molecular weight is 1400 g/mol. The van der Waals surface area contributed by atoms with Crippen LogP contribution < -0.4 is 48.5 Å². The number of urea groups is 1. The van der Waals surface area contributed by atoms with Gasteiger partial charge in [-0.1, -0.05) is 75.6 Å². The number of ether oxygens (including phenoxy) is 7. The number of nitrogens with zero attached hydrogens (tertiary/aromatic N) is 2. The summed E-state index contributed by atoms with van der Waals surface area (Å²) in [5, 5.41) is 31.6. The Hall–Kier alpha value is -9.37. The smallest absolute Gasteiger partial charge is 0.408 e. The van der Waals surface area contributed by atoms with Crippen molar-refractivity contribution in [1.82, 2.24) is 41.5 Å². The fourth-order valence-electron chi connectivity index (χ4n) is 12.6. The number of nitrogens with two attached hydrogens (primary N) is 1. The Morgan fingerprint density at radius 3 is 2.23 bits per heavy atom. The topological polar surface area (TPSA) is 367 Å². The van der Waals surface area contributed by atoms with Crippen LogP contribution in [0.25, 0.3) is 22.3 Å². The van der Waals surface area contributed by atoms with Crippen molar-refractivity contribution in [2.75, 3.05) is 77.9 Å². The highest BCUT2D eigenvalue weighted by atomic mass is 19.1. The zero-order chi connectivity index (χ0) is 72.0. The molecule has 28 heteroatoms. The zero-order valence-electron chi connectivity index (χ0n) is 57.5. The molecular weight excluding hydrogens is 1310 g/mol. The number of aryl methyl sites for hydroxylation is 1. The molecule has 6 atom stereocenters. The molecular formula is C73H91FN10O17. The van der Waals surface area contributed by atoms with Crippen LogP contribution in [0.2, 0.25) is 0 Å². The first-order valence-electron chi connectivity index (χ1n) is 34.5. The molecule has 5 aromatic rings. The summed E-state index contributed by atoms with van der Waals surface area (Å²) in [4.78, 5) is 125. The van der Waals surface area contributed by atoms with Crippen LogP contribution in [0.3, 0.4) is 0 Å². The van der Waals surface area contributed by atoms with Gasteiger partial charge in [-0.25, -0.2) is 23.8 Å². The van der Waals surface area contributed by atoms with Crippen molar-refractivity contribution in [2.45, 2.75) is 160 Å². The van der Waals surface area contributed by atoms with Gasteiger partial charge in [0.25, 0.3) is 5.56 Å². The second kappa shape index (κ2) is 36.8. The standard InChI is InChI=1S/C73H91FN10O17/c1-5-73(94)53-38-59-65-51(40-84(59)69(90)52(53)42-100-70(73)91)63-55(25-24-50-45(4)54(74)39-57(79-65)62(50)63)80-67(88)58(37-46-15-10-9-11-16-46)82-72(93)101-41-47-20-22-48(23-21-47)78-66(87)56(19-14-27-77-71(75)92)81-68(89)64(44(2)3)83-60(85)26-29-95-31-33-97-35-36-98-34-32-96-30-28-76-61(86)43-99-49-17-12-7-6-8-13-18-49/h9-11,15-16,20-23,38-39,44,49,55-56,58,64,94H,5-8,12,14,17,19,24-37,40-43H2,1-4H3,(H,76,86)(H,78,87)(H,80,88)(H,81,89)(H,82,93)(H,83,85)(H3,75,77,92)/t49?,55-,56-,58-,64-,73-/m0/s1. The molecule has 0 saturated carbocycles. The molecule has 0 spiro atoms. The van der Waals surface area contributed by atoms with Gasteiger partial charge in [0, 0.05) is 60.6 Å². The number of benzene rings is 3. The molecule has 1 unspecified atom stereocenters. The van der Waals surface area contributed by atoms with Crippen LogP contribution in [0.4, 0.5) is 19.7 Å². The number of carbonyl (C=O) groups excluding carboxylic acids is 8. The number of nitrogens with one attached hydrogen (secondary N) is 7. The number of rotatable bonds is 36. The molecule has 0 bridgehead atoms. The number of carbonyl (C=O) groups is 8. The molecule has 2 aliphatic heterocycles. The molecule has 10 N–H and O–H groups in total. The summed E-state index contributed by atoms with van der Waals surface area (Å²) < 4.78 is 56.0. The number of aliphatic hydroxyl groups is 1. The molecule has 9 rings (SSSR count). The minimum absolute atomic E-state index is 0.0247. The summed E-state index contributed by atoms with van der Waals surface area (Å²) in [5.74, 6) is 2.00. The molecule has 0 fully saturated rings. The van der Waals surface area contributed by atoms with Gasteiger partial charge in [0.15, 0.2) is 5.60 Å². The van der Waals surface area contributed by atoms with E-state index in [4.69, 9.17) is 43.9 Å². The Kier molecular flexibility index (Phi) is 27.6. The third kappa shape index (κ3) is 20.4. The first kappa shape index (κ1) is 75.8. The maximum absolute atomic E-state index is 15.7. The molecule has 101 heavy (non-hydrogen) atoms. The second-order valence-corrected chi connectivity index (χ2v) is 25.6. The first-order chi connectivity index (χ1) is 48.7. The molecule has 4 aliphatic rings. The minimum atomic E-state index is -2.08. The van der Waals surface area contributed by atoms with Crippen molar-refractivity contribution in [1.29, 1.82) is 0 Å². The van der Waals surface area contributed by atoms with E-state index in [1.165, 1.54) is 10.6 Å². The summed E-state index contributed by atoms with van der Waals surface area (Å²) >= 11 is 0. The third-order valence-electron chi connectivity index (χ3n) is 18.1. The number of fused-ring (bicyclic) bond motifs is 5. The lowest BCUT2D eigenvalue weighted by Crippen LogP contribution is -2.54. The van der Waals surface area contributed by atoms with Gasteiger partial charge in [-0.2, -0.15) is 0 Å². The SMILES string of the molecule is CC[C@@]1(O)C(=O)OCc2c1cc1n(c2=O)Cc2c-1nc1cc(F)c(C)c3c1c2[C@@H](NC(=O)[C@H](Cc1ccccc1)NC(=O)OCc1ccc(NC(=O)[C@H](CCCNC(N)=O)NC(=O)[C@@H](NC(=O)CCOCCOCCOCCOCCNC(=O)COC2C#CCCCCC2)C(C)C)cc1)CC3. The number of pyridine rings is 2. The van der Waals surface area contributed by atoms with Crippen LogP contribution in [0.15, 0.2) is 71.5 Å². The summed E-state index contributed by atoms with van der Waals surface area (Å²) in [6.07, 6.45) is 4.79. The number of aromatic nitrogens is 2. The monoisotopic (exact) mass is 1400 g/mol. The highest BCUT2D eigenvalue weighted by molar-refractivity contribution is 5.99. The van der Waals surface area contributed by atoms with E-state index in [2.05, 4.69) is 49.1 Å². The zero-order valence-corrected chi connectivity index (χ0v) is 57.5. The van der Waals surface area contributed by atoms with Gasteiger partial charge in [0.1, 0.15) is 49.9 Å². The van der Waals surface area contributed by atoms with Crippen molar-refractivity contribution in [2.24, 2.45) is 11.7 Å². The molecule has 8 amide bonds. The van der Waals surface area contributed by atoms with Crippen LogP contribution in [0.1, 0.15) is 136 Å². The van der Waals surface area contributed by atoms with Crippen LogP contribution in [-0.2, 0) is 100 Å². The Labute approximate surface area is 584 Å². The van der Waals surface area contributed by atoms with E-state index in [0.29, 0.717) is 108 Å². The van der Waals surface area contributed by atoms with Gasteiger partial charge in [0.2, 0.25) is 29.5 Å². The summed E-state index contributed by atoms with van der Waals surface area (Å²) in [6.45, 7) is 8.78. The summed E-state index contributed by atoms with van der Waals surface area (Å²) in [5.41, 5.74) is 7.86. The number of cyclic esters (lactones) is 1. The van der Waals surface area contributed by atoms with Crippen LogP contribution >= 0.6 is 0 Å². The lowest BCUT2D eigenvalue weighted by Gasteiger charge is -2.31. The van der Waals surface area contributed by atoms with Crippen molar-refractivity contribution < 1.29 is 81.0 Å². The molecule has 542 valence electrons. The fourth-order valence-corrected chi connectivity index (χ4v) is 12.6. The van der Waals surface area contributed by atoms with Gasteiger partial charge in [-0.3, -0.25) is 28.8 Å². The number of esters is 1. The number of primary amides is 1. The molecule has 0 radical (unpaired) electrons. The number of hydrogen-bond donors (Lipinski definition) is 9. The summed E-state index contributed by atoms with van der Waals surface area (Å²) in [6, 6.07) is 13.5. The molecule has 4 heterocycles. The largest absolute Gasteiger partial charge is 0.458 e. The maximum atomic E-state index is 15.7. The Balaban J connectivity index is 0.730. The Morgan fingerprint density at radius 1 is 0.792 bits per heavy atom. The van der Waals surface area contributed by atoms with Gasteiger partial charge < -0.3 is 85.8 Å². The predicted molar refractivity (Wildman–Crippen MR) is 368 cm³/mol. The van der Waals surface area contributed by atoms with Crippen molar-refractivity contribution in [3.63, 3.8) is 0 Å². The van der Waals surface area contributed by atoms with E-state index >= 15 is 4.39 Å². The van der Waals surface area contributed by atoms with Crippen LogP contribution in [0.5, 0.6) is 0 Å². The van der Waals surface area contributed by atoms with E-state index < -0.39 is 88.8 Å². The van der Waals surface area contributed by atoms with Gasteiger partial charge in [-0.15, -0.1) is 5.92 Å². The lowest BCUT2D eigenvalue weighted by atomic mass is 9.81. The van der Waals surface area contributed by atoms with Gasteiger partial charge in [0.05, 0.1) is 87.9 Å². The Bertz CT molecular complexity index is 3920. The highest BCUT2D eigenvalue weighted by Crippen LogP contribution is 2.46. The molecule has 2 aromatic heterocycles. The van der Waals surface area contributed by atoms with E-state index in [0.717, 1.165) is 37.7 Å². The highest BCUT2D eigenvalue weighted by Gasteiger charge is 2.46. The number of amides is 8. The number of halogens is 1. The minimum Gasteiger partial charge on any atom is -0.458 e. The van der Waals surface area contributed by atoms with Gasteiger partial charge >= 0.3 is 18.1 Å². The molecule has 2 aliphatic carbocycles. The summed E-state index contributed by atoms with van der Waals surface area (Å²) in [7, 11) is 0. The fraction of sp³-hybridized carbons (Fsp3) is 0.507. The first-order valence-corrected chi connectivity index (χ1v) is 34.5. The quantitative estimate of drug-likeness (QED) is 0.0140. The number of alkyl carbamates (subject to hydrolysis) is 1. The molecule has 27 nitrogen and oxygen atoms in total. The average Bonchev–Trinajstić information content (AvgIpc) is 1.61. The van der Waals surface area contributed by atoms with Crippen molar-refractivity contribution in [3.05, 3.63) is 127 Å².